The number of likely N-dealkylation sites (tertiary alicyclic amines) is 1. The Morgan fingerprint density at radius 2 is 1.57 bits per heavy atom. The van der Waals surface area contributed by atoms with Crippen LogP contribution in [-0.4, -0.2) is 45.4 Å². The van der Waals surface area contributed by atoms with Gasteiger partial charge in [0, 0.05) is 17.8 Å². The van der Waals surface area contributed by atoms with E-state index in [4.69, 9.17) is 0 Å². The van der Waals surface area contributed by atoms with Crippen LogP contribution in [-0.2, 0) is 10.0 Å². The monoisotopic (exact) mass is 433 g/mol. The molecule has 0 aromatic heterocycles. The predicted octanol–water partition coefficient (Wildman–Crippen LogP) is 3.62. The first-order chi connectivity index (χ1) is 14.4. The number of rotatable bonds is 8. The third-order valence-corrected chi connectivity index (χ3v) is 6.56. The van der Waals surface area contributed by atoms with Gasteiger partial charge in [0.05, 0.1) is 4.90 Å². The molecule has 0 saturated carbocycles. The highest BCUT2D eigenvalue weighted by molar-refractivity contribution is 7.92. The number of nitrogens with zero attached hydrogens (tertiary/aromatic N) is 1. The summed E-state index contributed by atoms with van der Waals surface area (Å²) in [6, 6.07) is 10.8. The Kier molecular flexibility index (Phi) is 7.81. The van der Waals surface area contributed by atoms with Crippen molar-refractivity contribution in [3.63, 3.8) is 0 Å². The third kappa shape index (κ3) is 6.53. The fourth-order valence-corrected chi connectivity index (χ4v) is 4.54. The molecule has 30 heavy (non-hydrogen) atoms. The minimum atomic E-state index is -3.82. The van der Waals surface area contributed by atoms with E-state index in [0.29, 0.717) is 17.8 Å². The summed E-state index contributed by atoms with van der Waals surface area (Å²) in [4.78, 5) is 14.7. The van der Waals surface area contributed by atoms with Gasteiger partial charge in [0.15, 0.2) is 0 Å². The summed E-state index contributed by atoms with van der Waals surface area (Å²) in [7, 11) is -3.82. The average Bonchev–Trinajstić information content (AvgIpc) is 3.00. The number of amides is 1. The van der Waals surface area contributed by atoms with Gasteiger partial charge in [-0.05, 0) is 87.4 Å². The van der Waals surface area contributed by atoms with Gasteiger partial charge in [0.1, 0.15) is 5.82 Å². The van der Waals surface area contributed by atoms with Gasteiger partial charge >= 0.3 is 0 Å². The minimum absolute atomic E-state index is 0.0323. The maximum absolute atomic E-state index is 13.0. The standard InChI is InChI=1S/C22H28FN3O3S/c23-19-8-12-21(13-9-19)30(28,29)25-20-10-6-18(7-11-20)22(27)24-14-5-17-26-15-3-1-2-4-16-26/h6-13,25H,1-5,14-17H2,(H,24,27). The number of carbonyl (C=O) groups is 1. The highest BCUT2D eigenvalue weighted by atomic mass is 32.2. The lowest BCUT2D eigenvalue weighted by Gasteiger charge is -2.19. The van der Waals surface area contributed by atoms with Gasteiger partial charge in [-0.1, -0.05) is 12.8 Å². The van der Waals surface area contributed by atoms with Crippen molar-refractivity contribution in [3.05, 3.63) is 59.9 Å². The molecule has 8 heteroatoms. The van der Waals surface area contributed by atoms with Crippen LogP contribution in [0.4, 0.5) is 10.1 Å². The first-order valence-corrected chi connectivity index (χ1v) is 11.8. The molecule has 2 N–H and O–H groups in total. The molecule has 0 atom stereocenters. The van der Waals surface area contributed by atoms with Gasteiger partial charge in [0.25, 0.3) is 15.9 Å². The highest BCUT2D eigenvalue weighted by Crippen LogP contribution is 2.17. The lowest BCUT2D eigenvalue weighted by Crippen LogP contribution is -2.30. The normalized spacial score (nSPS) is 15.4. The van der Waals surface area contributed by atoms with E-state index in [1.54, 1.807) is 12.1 Å². The number of anilines is 1. The summed E-state index contributed by atoms with van der Waals surface area (Å²) in [6.07, 6.45) is 6.03. The van der Waals surface area contributed by atoms with E-state index in [9.17, 15) is 17.6 Å². The van der Waals surface area contributed by atoms with Crippen molar-refractivity contribution in [2.75, 3.05) is 30.9 Å². The molecule has 3 rings (SSSR count). The molecular formula is C22H28FN3O3S. The van der Waals surface area contributed by atoms with Gasteiger partial charge in [-0.25, -0.2) is 12.8 Å². The SMILES string of the molecule is O=C(NCCCN1CCCCCC1)c1ccc(NS(=O)(=O)c2ccc(F)cc2)cc1. The molecule has 1 heterocycles. The van der Waals surface area contributed by atoms with Crippen LogP contribution in [0.3, 0.4) is 0 Å². The van der Waals surface area contributed by atoms with Crippen molar-refractivity contribution >= 4 is 21.6 Å². The molecule has 1 aliphatic heterocycles. The number of halogens is 1. The average molecular weight is 434 g/mol. The second kappa shape index (κ2) is 10.5. The topological polar surface area (TPSA) is 78.5 Å². The van der Waals surface area contributed by atoms with Crippen LogP contribution in [0.5, 0.6) is 0 Å². The summed E-state index contributed by atoms with van der Waals surface area (Å²) in [5.41, 5.74) is 0.798. The molecule has 162 valence electrons. The van der Waals surface area contributed by atoms with Gasteiger partial charge in [-0.3, -0.25) is 9.52 Å². The lowest BCUT2D eigenvalue weighted by atomic mass is 10.2. The molecule has 0 aliphatic carbocycles. The van der Waals surface area contributed by atoms with E-state index in [-0.39, 0.29) is 10.8 Å². The molecule has 0 radical (unpaired) electrons. The molecule has 1 saturated heterocycles. The van der Waals surface area contributed by atoms with Crippen LogP contribution >= 0.6 is 0 Å². The summed E-state index contributed by atoms with van der Waals surface area (Å²) in [5, 5.41) is 2.91. The smallest absolute Gasteiger partial charge is 0.261 e. The molecule has 0 unspecified atom stereocenters. The second-order valence-corrected chi connectivity index (χ2v) is 9.18. The maximum Gasteiger partial charge on any atom is 0.261 e. The van der Waals surface area contributed by atoms with Crippen molar-refractivity contribution in [3.8, 4) is 0 Å². The van der Waals surface area contributed by atoms with Crippen LogP contribution in [0.25, 0.3) is 0 Å². The first-order valence-electron chi connectivity index (χ1n) is 10.3. The van der Waals surface area contributed by atoms with Crippen LogP contribution in [0, 0.1) is 5.82 Å². The fraction of sp³-hybridized carbons (Fsp3) is 0.409. The number of hydrogen-bond acceptors (Lipinski definition) is 4. The van der Waals surface area contributed by atoms with Gasteiger partial charge in [-0.15, -0.1) is 0 Å². The number of carbonyl (C=O) groups excluding carboxylic acids is 1. The molecule has 2 aromatic carbocycles. The molecule has 0 spiro atoms. The molecule has 6 nitrogen and oxygen atoms in total. The number of hydrogen-bond donors (Lipinski definition) is 2. The van der Waals surface area contributed by atoms with E-state index >= 15 is 0 Å². The van der Waals surface area contributed by atoms with Gasteiger partial charge in [-0.2, -0.15) is 0 Å². The van der Waals surface area contributed by atoms with E-state index in [2.05, 4.69) is 14.9 Å². The zero-order valence-electron chi connectivity index (χ0n) is 16.9. The number of benzene rings is 2. The van der Waals surface area contributed by atoms with Crippen LogP contribution < -0.4 is 10.0 Å². The molecule has 2 aromatic rings. The molecule has 1 fully saturated rings. The predicted molar refractivity (Wildman–Crippen MR) is 116 cm³/mol. The Morgan fingerprint density at radius 3 is 2.20 bits per heavy atom. The summed E-state index contributed by atoms with van der Waals surface area (Å²) >= 11 is 0. The van der Waals surface area contributed by atoms with Crippen LogP contribution in [0.1, 0.15) is 42.5 Å². The van der Waals surface area contributed by atoms with Gasteiger partial charge in [0.2, 0.25) is 0 Å². The maximum atomic E-state index is 13.0. The fourth-order valence-electron chi connectivity index (χ4n) is 3.48. The Morgan fingerprint density at radius 1 is 0.933 bits per heavy atom. The summed E-state index contributed by atoms with van der Waals surface area (Å²) < 4.78 is 40.1. The van der Waals surface area contributed by atoms with Gasteiger partial charge < -0.3 is 10.2 Å². The minimum Gasteiger partial charge on any atom is -0.352 e. The second-order valence-electron chi connectivity index (χ2n) is 7.50. The molecule has 1 amide bonds. The van der Waals surface area contributed by atoms with Crippen LogP contribution in [0.2, 0.25) is 0 Å². The Bertz CT molecular complexity index is 923. The van der Waals surface area contributed by atoms with E-state index in [0.717, 1.165) is 38.2 Å². The van der Waals surface area contributed by atoms with Crippen molar-refractivity contribution in [1.29, 1.82) is 0 Å². The Hall–Kier alpha value is -2.45. The van der Waals surface area contributed by atoms with Crippen molar-refractivity contribution in [2.45, 2.75) is 37.0 Å². The van der Waals surface area contributed by atoms with Crippen molar-refractivity contribution in [2.24, 2.45) is 0 Å². The quantitative estimate of drug-likeness (QED) is 0.624. The molecule has 0 bridgehead atoms. The molecular weight excluding hydrogens is 405 g/mol. The number of sulfonamides is 1. The molecule has 1 aliphatic rings. The zero-order chi connectivity index (χ0) is 21.4. The lowest BCUT2D eigenvalue weighted by molar-refractivity contribution is 0.0951. The summed E-state index contributed by atoms with van der Waals surface area (Å²) in [6.45, 7) is 3.88. The third-order valence-electron chi connectivity index (χ3n) is 5.16. The Balaban J connectivity index is 1.47. The van der Waals surface area contributed by atoms with Crippen molar-refractivity contribution in [1.82, 2.24) is 10.2 Å². The van der Waals surface area contributed by atoms with E-state index in [1.807, 2.05) is 0 Å². The highest BCUT2D eigenvalue weighted by Gasteiger charge is 2.15. The van der Waals surface area contributed by atoms with E-state index < -0.39 is 15.8 Å². The number of nitrogens with one attached hydrogen (secondary N) is 2. The summed E-state index contributed by atoms with van der Waals surface area (Å²) in [5.74, 6) is -0.686. The first kappa shape index (κ1) is 22.2. The Labute approximate surface area is 177 Å². The largest absolute Gasteiger partial charge is 0.352 e. The van der Waals surface area contributed by atoms with Crippen LogP contribution in [0.15, 0.2) is 53.4 Å². The zero-order valence-corrected chi connectivity index (χ0v) is 17.8. The van der Waals surface area contributed by atoms with Crippen molar-refractivity contribution < 1.29 is 17.6 Å². The van der Waals surface area contributed by atoms with E-state index in [1.165, 1.54) is 49.9 Å².